The third kappa shape index (κ3) is 7.02. The fourth-order valence-corrected chi connectivity index (χ4v) is 4.63. The van der Waals surface area contributed by atoms with Crippen molar-refractivity contribution in [3.8, 4) is 17.0 Å². The molecule has 1 N–H and O–H groups in total. The number of aryl methyl sites for hydroxylation is 2. The van der Waals surface area contributed by atoms with Crippen molar-refractivity contribution in [3.05, 3.63) is 83.2 Å². The average molecular weight is 529 g/mol. The first-order valence-corrected chi connectivity index (χ1v) is 13.4. The number of amides is 1. The van der Waals surface area contributed by atoms with E-state index >= 15 is 0 Å². The van der Waals surface area contributed by atoms with Gasteiger partial charge in [-0.25, -0.2) is 9.50 Å². The number of esters is 1. The Labute approximate surface area is 229 Å². The van der Waals surface area contributed by atoms with Crippen LogP contribution >= 0.6 is 0 Å². The lowest BCUT2D eigenvalue weighted by molar-refractivity contribution is -0.143. The summed E-state index contributed by atoms with van der Waals surface area (Å²) < 4.78 is 12.7. The van der Waals surface area contributed by atoms with Crippen LogP contribution in [0.4, 0.5) is 0 Å². The summed E-state index contributed by atoms with van der Waals surface area (Å²) in [6.07, 6.45) is 0.846. The Morgan fingerprint density at radius 3 is 2.41 bits per heavy atom. The van der Waals surface area contributed by atoms with Gasteiger partial charge in [0.2, 0.25) is 5.91 Å². The highest BCUT2D eigenvalue weighted by Gasteiger charge is 2.21. The Bertz CT molecular complexity index is 1430. The minimum atomic E-state index is -0.507. The molecule has 4 aromatic rings. The van der Waals surface area contributed by atoms with E-state index in [1.54, 1.807) is 6.92 Å². The number of benzene rings is 2. The van der Waals surface area contributed by atoms with Crippen molar-refractivity contribution in [2.75, 3.05) is 6.61 Å². The molecule has 2 aromatic heterocycles. The molecule has 0 saturated carbocycles. The molecule has 204 valence electrons. The predicted molar refractivity (Wildman–Crippen MR) is 151 cm³/mol. The number of hydrogen-bond acceptors (Lipinski definition) is 6. The number of carbonyl (C=O) groups excluding carboxylic acids is 2. The summed E-state index contributed by atoms with van der Waals surface area (Å²) in [6.45, 7) is 9.93. The Kier molecular flexibility index (Phi) is 8.96. The van der Waals surface area contributed by atoms with Gasteiger partial charge < -0.3 is 14.8 Å². The second kappa shape index (κ2) is 12.6. The highest BCUT2D eigenvalue weighted by molar-refractivity contribution is 5.78. The summed E-state index contributed by atoms with van der Waals surface area (Å²) in [4.78, 5) is 30.2. The third-order valence-corrected chi connectivity index (χ3v) is 6.50. The molecule has 2 heterocycles. The summed E-state index contributed by atoms with van der Waals surface area (Å²) in [5.74, 6) is 0.216. The maximum absolute atomic E-state index is 13.1. The van der Waals surface area contributed by atoms with Crippen LogP contribution in [0.15, 0.2) is 60.7 Å². The lowest BCUT2D eigenvalue weighted by Crippen LogP contribution is -2.31. The molecular formula is C31H36N4O4. The van der Waals surface area contributed by atoms with Crippen LogP contribution in [-0.2, 0) is 20.7 Å². The number of ether oxygens (including phenoxy) is 2. The van der Waals surface area contributed by atoms with Gasteiger partial charge in [0.1, 0.15) is 5.75 Å². The molecule has 0 aliphatic heterocycles. The number of fused-ring (bicyclic) bond motifs is 1. The van der Waals surface area contributed by atoms with Gasteiger partial charge >= 0.3 is 5.97 Å². The lowest BCUT2D eigenvalue weighted by Gasteiger charge is -2.20. The van der Waals surface area contributed by atoms with E-state index in [9.17, 15) is 9.59 Å². The van der Waals surface area contributed by atoms with Gasteiger partial charge in [0, 0.05) is 29.4 Å². The summed E-state index contributed by atoms with van der Waals surface area (Å²) >= 11 is 0. The van der Waals surface area contributed by atoms with Gasteiger partial charge in [-0.2, -0.15) is 5.10 Å². The van der Waals surface area contributed by atoms with Crippen LogP contribution in [-0.4, -0.2) is 39.2 Å². The number of carbonyl (C=O) groups is 2. The van der Waals surface area contributed by atoms with Crippen molar-refractivity contribution < 1.29 is 19.1 Å². The van der Waals surface area contributed by atoms with Crippen LogP contribution < -0.4 is 10.1 Å². The zero-order valence-electron chi connectivity index (χ0n) is 23.2. The van der Waals surface area contributed by atoms with E-state index in [1.807, 2.05) is 92.9 Å². The quantitative estimate of drug-likeness (QED) is 0.257. The summed E-state index contributed by atoms with van der Waals surface area (Å²) in [6, 6.07) is 18.9. The van der Waals surface area contributed by atoms with Gasteiger partial charge in [-0.15, -0.1) is 0 Å². The van der Waals surface area contributed by atoms with Crippen molar-refractivity contribution >= 4 is 17.5 Å². The van der Waals surface area contributed by atoms with Crippen LogP contribution in [0.5, 0.6) is 5.75 Å². The van der Waals surface area contributed by atoms with E-state index in [0.29, 0.717) is 6.42 Å². The lowest BCUT2D eigenvalue weighted by atomic mass is 10.0. The molecule has 1 atom stereocenters. The minimum absolute atomic E-state index is 0.0467. The molecule has 39 heavy (non-hydrogen) atoms. The fourth-order valence-electron chi connectivity index (χ4n) is 4.63. The molecule has 1 unspecified atom stereocenters. The standard InChI is InChI=1S/C31H36N4O4/c1-6-38-31(37)19-27(24-12-14-25(15-13-24)39-20(2)3)33-30(36)17-16-26-21(4)32-29-18-28(34-35(29)22(26)5)23-10-8-7-9-11-23/h7-15,18,20,27H,6,16-17,19H2,1-5H3,(H,33,36). The van der Waals surface area contributed by atoms with E-state index < -0.39 is 6.04 Å². The Balaban J connectivity index is 1.49. The topological polar surface area (TPSA) is 94.8 Å². The maximum Gasteiger partial charge on any atom is 0.308 e. The first-order chi connectivity index (χ1) is 18.7. The minimum Gasteiger partial charge on any atom is -0.491 e. The second-order valence-corrected chi connectivity index (χ2v) is 9.79. The highest BCUT2D eigenvalue weighted by atomic mass is 16.5. The average Bonchev–Trinajstić information content (AvgIpc) is 3.33. The zero-order chi connectivity index (χ0) is 27.9. The zero-order valence-corrected chi connectivity index (χ0v) is 23.2. The predicted octanol–water partition coefficient (Wildman–Crippen LogP) is 5.54. The third-order valence-electron chi connectivity index (χ3n) is 6.50. The Hall–Kier alpha value is -4.20. The highest BCUT2D eigenvalue weighted by Crippen LogP contribution is 2.24. The number of nitrogens with one attached hydrogen (secondary N) is 1. The number of hydrogen-bond donors (Lipinski definition) is 1. The largest absolute Gasteiger partial charge is 0.491 e. The van der Waals surface area contributed by atoms with Crippen molar-refractivity contribution in [2.45, 2.75) is 66.0 Å². The molecule has 8 heteroatoms. The SMILES string of the molecule is CCOC(=O)CC(NC(=O)CCc1c(C)nc2cc(-c3ccccc3)nn2c1C)c1ccc(OC(C)C)cc1. The molecule has 0 radical (unpaired) electrons. The molecule has 8 nitrogen and oxygen atoms in total. The molecule has 1 amide bonds. The van der Waals surface area contributed by atoms with E-state index in [4.69, 9.17) is 19.6 Å². The van der Waals surface area contributed by atoms with Gasteiger partial charge in [-0.05, 0) is 64.3 Å². The van der Waals surface area contributed by atoms with E-state index in [1.165, 1.54) is 0 Å². The summed E-state index contributed by atoms with van der Waals surface area (Å²) in [5, 5.41) is 7.80. The molecular weight excluding hydrogens is 492 g/mol. The van der Waals surface area contributed by atoms with Crippen molar-refractivity contribution in [1.82, 2.24) is 19.9 Å². The van der Waals surface area contributed by atoms with Crippen LogP contribution in [0.1, 0.15) is 62.2 Å². The molecule has 0 bridgehead atoms. The Morgan fingerprint density at radius 2 is 1.74 bits per heavy atom. The molecule has 0 fully saturated rings. The second-order valence-electron chi connectivity index (χ2n) is 9.79. The molecule has 0 aliphatic carbocycles. The van der Waals surface area contributed by atoms with Crippen LogP contribution in [0.25, 0.3) is 16.9 Å². The molecule has 0 aliphatic rings. The van der Waals surface area contributed by atoms with Crippen LogP contribution in [0.2, 0.25) is 0 Å². The van der Waals surface area contributed by atoms with Crippen LogP contribution in [0.3, 0.4) is 0 Å². The molecule has 0 spiro atoms. The summed E-state index contributed by atoms with van der Waals surface area (Å²) in [5.41, 5.74) is 6.28. The number of rotatable bonds is 11. The fraction of sp³-hybridized carbons (Fsp3) is 0.355. The molecule has 0 saturated heterocycles. The first-order valence-electron chi connectivity index (χ1n) is 13.4. The van der Waals surface area contributed by atoms with E-state index in [2.05, 4.69) is 5.32 Å². The monoisotopic (exact) mass is 528 g/mol. The van der Waals surface area contributed by atoms with Gasteiger partial charge in [-0.1, -0.05) is 42.5 Å². The van der Waals surface area contributed by atoms with E-state index in [0.717, 1.165) is 45.2 Å². The smallest absolute Gasteiger partial charge is 0.308 e. The van der Waals surface area contributed by atoms with Crippen molar-refractivity contribution in [2.24, 2.45) is 0 Å². The number of nitrogens with zero attached hydrogens (tertiary/aromatic N) is 3. The normalized spacial score (nSPS) is 11.9. The number of aromatic nitrogens is 3. The first kappa shape index (κ1) is 27.8. The van der Waals surface area contributed by atoms with Gasteiger partial charge in [0.15, 0.2) is 5.65 Å². The van der Waals surface area contributed by atoms with Crippen molar-refractivity contribution in [3.63, 3.8) is 0 Å². The van der Waals surface area contributed by atoms with Gasteiger partial charge in [0.05, 0.1) is 30.9 Å². The van der Waals surface area contributed by atoms with Gasteiger partial charge in [0.25, 0.3) is 0 Å². The molecule has 2 aromatic carbocycles. The summed E-state index contributed by atoms with van der Waals surface area (Å²) in [7, 11) is 0. The van der Waals surface area contributed by atoms with E-state index in [-0.39, 0.29) is 37.4 Å². The Morgan fingerprint density at radius 1 is 1.03 bits per heavy atom. The van der Waals surface area contributed by atoms with Crippen molar-refractivity contribution in [1.29, 1.82) is 0 Å². The van der Waals surface area contributed by atoms with Crippen LogP contribution in [0, 0.1) is 13.8 Å². The molecule has 4 rings (SSSR count). The maximum atomic E-state index is 13.1. The van der Waals surface area contributed by atoms with Gasteiger partial charge in [-0.3, -0.25) is 9.59 Å².